The van der Waals surface area contributed by atoms with Crippen LogP contribution in [0.1, 0.15) is 46.5 Å². The molecular weight excluding hydrogens is 258 g/mol. The molecule has 4 heteroatoms. The monoisotopic (exact) mass is 285 g/mol. The smallest absolute Gasteiger partial charge is 0.173 e. The zero-order valence-electron chi connectivity index (χ0n) is 12.4. The van der Waals surface area contributed by atoms with Crippen LogP contribution in [0, 0.1) is 17.3 Å². The normalized spacial score (nSPS) is 34.6. The Kier molecular flexibility index (Phi) is 4.41. The molecule has 1 heterocycles. The fraction of sp³-hybridized carbons (Fsp3) is 0.867. The minimum Gasteiger partial charge on any atom is -0.309 e. The van der Waals surface area contributed by atoms with E-state index in [9.17, 15) is 8.42 Å². The third-order valence-electron chi connectivity index (χ3n) is 4.67. The number of hydrogen-bond donors (Lipinski definition) is 1. The highest BCUT2D eigenvalue weighted by Gasteiger charge is 2.30. The van der Waals surface area contributed by atoms with E-state index in [0.29, 0.717) is 5.41 Å². The van der Waals surface area contributed by atoms with E-state index in [1.165, 1.54) is 31.1 Å². The summed E-state index contributed by atoms with van der Waals surface area (Å²) in [5.74, 6) is 1.80. The highest BCUT2D eigenvalue weighted by molar-refractivity contribution is 7.94. The van der Waals surface area contributed by atoms with E-state index in [1.807, 2.05) is 0 Å². The van der Waals surface area contributed by atoms with E-state index < -0.39 is 9.84 Å². The van der Waals surface area contributed by atoms with Crippen LogP contribution in [0.2, 0.25) is 0 Å². The van der Waals surface area contributed by atoms with Crippen molar-refractivity contribution in [2.24, 2.45) is 17.3 Å². The first-order valence-electron chi connectivity index (χ1n) is 7.40. The van der Waals surface area contributed by atoms with Crippen molar-refractivity contribution in [3.63, 3.8) is 0 Å². The first-order valence-corrected chi connectivity index (χ1v) is 9.12. The van der Waals surface area contributed by atoms with Crippen LogP contribution in [0.4, 0.5) is 0 Å². The predicted molar refractivity (Wildman–Crippen MR) is 79.6 cm³/mol. The molecule has 2 aliphatic rings. The molecule has 0 aromatic rings. The molecular formula is C15H27NO2S. The quantitative estimate of drug-likeness (QED) is 0.867. The van der Waals surface area contributed by atoms with Crippen LogP contribution in [0.5, 0.6) is 0 Å². The highest BCUT2D eigenvalue weighted by Crippen LogP contribution is 2.39. The Hall–Kier alpha value is -0.350. The Morgan fingerprint density at radius 2 is 1.79 bits per heavy atom. The third-order valence-corrected chi connectivity index (χ3v) is 6.07. The van der Waals surface area contributed by atoms with Gasteiger partial charge < -0.3 is 5.32 Å². The van der Waals surface area contributed by atoms with Crippen molar-refractivity contribution in [3.8, 4) is 0 Å². The van der Waals surface area contributed by atoms with Crippen LogP contribution in [-0.4, -0.2) is 26.8 Å². The van der Waals surface area contributed by atoms with E-state index >= 15 is 0 Å². The lowest BCUT2D eigenvalue weighted by atomic mass is 9.70. The summed E-state index contributed by atoms with van der Waals surface area (Å²) in [5, 5.41) is 4.74. The fourth-order valence-corrected chi connectivity index (χ4v) is 4.52. The van der Waals surface area contributed by atoms with Crippen LogP contribution in [-0.2, 0) is 9.84 Å². The standard InChI is InChI=1S/C15H27NO2S/c1-15(2,3)13-6-4-12(5-7-13)10-16-14-8-9-19(17,18)11-14/h8-9,12-14,16H,4-7,10-11H2,1-3H3. The lowest BCUT2D eigenvalue weighted by Gasteiger charge is -2.37. The molecule has 0 spiro atoms. The molecule has 0 bridgehead atoms. The van der Waals surface area contributed by atoms with Crippen LogP contribution in [0.3, 0.4) is 0 Å². The van der Waals surface area contributed by atoms with Gasteiger partial charge in [-0.05, 0) is 49.5 Å². The van der Waals surface area contributed by atoms with E-state index in [4.69, 9.17) is 0 Å². The van der Waals surface area contributed by atoms with Gasteiger partial charge in [-0.15, -0.1) is 0 Å². The van der Waals surface area contributed by atoms with Crippen molar-refractivity contribution in [2.45, 2.75) is 52.5 Å². The van der Waals surface area contributed by atoms with Gasteiger partial charge in [0.05, 0.1) is 5.75 Å². The van der Waals surface area contributed by atoms with Crippen molar-refractivity contribution in [2.75, 3.05) is 12.3 Å². The Balaban J connectivity index is 1.71. The third kappa shape index (κ3) is 4.32. The summed E-state index contributed by atoms with van der Waals surface area (Å²) in [7, 11) is -2.92. The molecule has 1 aliphatic heterocycles. The summed E-state index contributed by atoms with van der Waals surface area (Å²) in [6, 6.07) is 0.0327. The molecule has 1 atom stereocenters. The molecule has 0 saturated heterocycles. The maximum atomic E-state index is 11.3. The van der Waals surface area contributed by atoms with Crippen molar-refractivity contribution < 1.29 is 8.42 Å². The highest BCUT2D eigenvalue weighted by atomic mass is 32.2. The summed E-state index contributed by atoms with van der Waals surface area (Å²) in [4.78, 5) is 0. The van der Waals surface area contributed by atoms with E-state index in [2.05, 4.69) is 26.1 Å². The van der Waals surface area contributed by atoms with E-state index in [0.717, 1.165) is 18.4 Å². The Morgan fingerprint density at radius 1 is 1.16 bits per heavy atom. The van der Waals surface area contributed by atoms with Gasteiger partial charge in [-0.3, -0.25) is 0 Å². The number of hydrogen-bond acceptors (Lipinski definition) is 3. The van der Waals surface area contributed by atoms with Gasteiger partial charge in [0.2, 0.25) is 0 Å². The maximum Gasteiger partial charge on any atom is 0.173 e. The summed E-state index contributed by atoms with van der Waals surface area (Å²) in [5.41, 5.74) is 0.431. The fourth-order valence-electron chi connectivity index (χ4n) is 3.25. The van der Waals surface area contributed by atoms with Gasteiger partial charge in [-0.2, -0.15) is 0 Å². The van der Waals surface area contributed by atoms with Crippen molar-refractivity contribution in [1.82, 2.24) is 5.32 Å². The molecule has 1 aliphatic carbocycles. The minimum absolute atomic E-state index is 0.0327. The van der Waals surface area contributed by atoms with Crippen LogP contribution in [0.25, 0.3) is 0 Å². The molecule has 110 valence electrons. The van der Waals surface area contributed by atoms with Gasteiger partial charge in [0, 0.05) is 11.4 Å². The number of rotatable bonds is 3. The number of nitrogens with one attached hydrogen (secondary N) is 1. The van der Waals surface area contributed by atoms with Gasteiger partial charge in [-0.25, -0.2) is 8.42 Å². The summed E-state index contributed by atoms with van der Waals surface area (Å²) in [6.07, 6.45) is 6.97. The lowest BCUT2D eigenvalue weighted by molar-refractivity contribution is 0.148. The summed E-state index contributed by atoms with van der Waals surface area (Å²) in [6.45, 7) is 7.97. The van der Waals surface area contributed by atoms with Gasteiger partial charge in [0.25, 0.3) is 0 Å². The van der Waals surface area contributed by atoms with Gasteiger partial charge in [0.1, 0.15) is 0 Å². The van der Waals surface area contributed by atoms with Crippen LogP contribution < -0.4 is 5.32 Å². The predicted octanol–water partition coefficient (Wildman–Crippen LogP) is 2.74. The maximum absolute atomic E-state index is 11.3. The molecule has 0 amide bonds. The van der Waals surface area contributed by atoms with E-state index in [-0.39, 0.29) is 11.8 Å². The molecule has 1 N–H and O–H groups in total. The van der Waals surface area contributed by atoms with Gasteiger partial charge in [-0.1, -0.05) is 26.8 Å². The van der Waals surface area contributed by atoms with Crippen molar-refractivity contribution in [1.29, 1.82) is 0 Å². The van der Waals surface area contributed by atoms with Crippen LogP contribution >= 0.6 is 0 Å². The Bertz CT molecular complexity index is 426. The molecule has 2 rings (SSSR count). The lowest BCUT2D eigenvalue weighted by Crippen LogP contribution is -2.36. The molecule has 0 radical (unpaired) electrons. The average molecular weight is 285 g/mol. The molecule has 1 saturated carbocycles. The molecule has 3 nitrogen and oxygen atoms in total. The summed E-state index contributed by atoms with van der Waals surface area (Å²) < 4.78 is 22.6. The largest absolute Gasteiger partial charge is 0.309 e. The van der Waals surface area contributed by atoms with E-state index in [1.54, 1.807) is 6.08 Å². The Labute approximate surface area is 117 Å². The molecule has 0 aromatic carbocycles. The van der Waals surface area contributed by atoms with Crippen molar-refractivity contribution >= 4 is 9.84 Å². The Morgan fingerprint density at radius 3 is 2.26 bits per heavy atom. The topological polar surface area (TPSA) is 46.2 Å². The zero-order chi connectivity index (χ0) is 14.1. The molecule has 0 aromatic heterocycles. The zero-order valence-corrected chi connectivity index (χ0v) is 13.2. The van der Waals surface area contributed by atoms with Gasteiger partial charge in [0.15, 0.2) is 9.84 Å². The molecule has 1 unspecified atom stereocenters. The number of sulfone groups is 1. The molecule has 19 heavy (non-hydrogen) atoms. The second-order valence-corrected chi connectivity index (χ2v) is 9.19. The molecule has 1 fully saturated rings. The first kappa shape index (κ1) is 15.0. The van der Waals surface area contributed by atoms with Gasteiger partial charge >= 0.3 is 0 Å². The van der Waals surface area contributed by atoms with Crippen LogP contribution in [0.15, 0.2) is 11.5 Å². The minimum atomic E-state index is -2.92. The average Bonchev–Trinajstić information content (AvgIpc) is 2.66. The summed E-state index contributed by atoms with van der Waals surface area (Å²) >= 11 is 0. The SMILES string of the molecule is CC(C)(C)C1CCC(CNC2C=CS(=O)(=O)C2)CC1. The second-order valence-electron chi connectivity index (χ2n) is 7.26. The first-order chi connectivity index (χ1) is 8.76. The van der Waals surface area contributed by atoms with Crippen molar-refractivity contribution in [3.05, 3.63) is 11.5 Å². The second kappa shape index (κ2) is 5.57.